The standard InChI is InChI=1S/C12H19BrN4O2S/c1-4-20(18,19)15-11-5-9(13)6-14-12(11)17-7-10(8-17)16(2)3/h5-6,10,15H,4,7-8H2,1-3H3. The molecule has 1 aliphatic rings. The van der Waals surface area contributed by atoms with Crippen LogP contribution in [0, 0.1) is 0 Å². The van der Waals surface area contributed by atoms with Crippen LogP contribution in [-0.4, -0.2) is 57.3 Å². The molecule has 0 unspecified atom stereocenters. The molecule has 20 heavy (non-hydrogen) atoms. The first-order valence-corrected chi connectivity index (χ1v) is 8.84. The van der Waals surface area contributed by atoms with Crippen molar-refractivity contribution in [3.05, 3.63) is 16.7 Å². The number of rotatable bonds is 5. The highest BCUT2D eigenvalue weighted by atomic mass is 79.9. The van der Waals surface area contributed by atoms with Crippen molar-refractivity contribution in [2.24, 2.45) is 0 Å². The van der Waals surface area contributed by atoms with Crippen LogP contribution in [0.2, 0.25) is 0 Å². The Bertz CT molecular complexity index is 585. The van der Waals surface area contributed by atoms with Gasteiger partial charge in [0.25, 0.3) is 0 Å². The van der Waals surface area contributed by atoms with Crippen molar-refractivity contribution in [2.75, 3.05) is 42.6 Å². The molecule has 1 aromatic rings. The summed E-state index contributed by atoms with van der Waals surface area (Å²) in [5, 5.41) is 0. The van der Waals surface area contributed by atoms with Crippen molar-refractivity contribution in [1.29, 1.82) is 0 Å². The summed E-state index contributed by atoms with van der Waals surface area (Å²) in [6.07, 6.45) is 1.68. The SMILES string of the molecule is CCS(=O)(=O)Nc1cc(Br)cnc1N1CC(N(C)C)C1. The second-order valence-electron chi connectivity index (χ2n) is 5.05. The van der Waals surface area contributed by atoms with E-state index in [2.05, 4.69) is 35.4 Å². The van der Waals surface area contributed by atoms with Crippen molar-refractivity contribution in [1.82, 2.24) is 9.88 Å². The third kappa shape index (κ3) is 3.42. The van der Waals surface area contributed by atoms with Crippen LogP contribution in [0.25, 0.3) is 0 Å². The zero-order valence-electron chi connectivity index (χ0n) is 11.8. The Hall–Kier alpha value is -0.860. The fourth-order valence-electron chi connectivity index (χ4n) is 1.95. The number of aromatic nitrogens is 1. The van der Waals surface area contributed by atoms with Gasteiger partial charge in [-0.15, -0.1) is 0 Å². The molecule has 1 saturated heterocycles. The number of pyridine rings is 1. The average Bonchev–Trinajstić information content (AvgIpc) is 2.29. The molecule has 112 valence electrons. The van der Waals surface area contributed by atoms with Gasteiger partial charge in [0.1, 0.15) is 0 Å². The number of nitrogens with zero attached hydrogens (tertiary/aromatic N) is 3. The smallest absolute Gasteiger partial charge is 0.232 e. The number of nitrogens with one attached hydrogen (secondary N) is 1. The van der Waals surface area contributed by atoms with Crippen molar-refractivity contribution in [3.8, 4) is 0 Å². The van der Waals surface area contributed by atoms with Gasteiger partial charge in [-0.1, -0.05) is 0 Å². The summed E-state index contributed by atoms with van der Waals surface area (Å²) in [7, 11) is 0.772. The second-order valence-corrected chi connectivity index (χ2v) is 7.98. The zero-order chi connectivity index (χ0) is 14.9. The molecule has 2 rings (SSSR count). The van der Waals surface area contributed by atoms with Crippen LogP contribution in [-0.2, 0) is 10.0 Å². The molecule has 8 heteroatoms. The Balaban J connectivity index is 2.22. The van der Waals surface area contributed by atoms with Crippen LogP contribution in [0.15, 0.2) is 16.7 Å². The van der Waals surface area contributed by atoms with Gasteiger partial charge in [-0.05, 0) is 43.0 Å². The van der Waals surface area contributed by atoms with E-state index in [0.717, 1.165) is 17.6 Å². The lowest BCUT2D eigenvalue weighted by Crippen LogP contribution is -2.57. The molecule has 0 atom stereocenters. The van der Waals surface area contributed by atoms with E-state index in [0.29, 0.717) is 17.5 Å². The molecule has 1 aromatic heterocycles. The van der Waals surface area contributed by atoms with E-state index in [1.807, 2.05) is 14.1 Å². The number of hydrogen-bond acceptors (Lipinski definition) is 5. The van der Waals surface area contributed by atoms with Gasteiger partial charge in [0.2, 0.25) is 10.0 Å². The molecule has 6 nitrogen and oxygen atoms in total. The predicted molar refractivity (Wildman–Crippen MR) is 84.7 cm³/mol. The van der Waals surface area contributed by atoms with Crippen LogP contribution < -0.4 is 9.62 Å². The van der Waals surface area contributed by atoms with Crippen LogP contribution in [0.3, 0.4) is 0 Å². The fraction of sp³-hybridized carbons (Fsp3) is 0.583. The monoisotopic (exact) mass is 362 g/mol. The van der Waals surface area contributed by atoms with Gasteiger partial charge in [-0.3, -0.25) is 4.72 Å². The largest absolute Gasteiger partial charge is 0.352 e. The lowest BCUT2D eigenvalue weighted by molar-refractivity contribution is 0.246. The molecule has 1 fully saturated rings. The molecular formula is C12H19BrN4O2S. The van der Waals surface area contributed by atoms with E-state index in [9.17, 15) is 8.42 Å². The predicted octanol–water partition coefficient (Wildman–Crippen LogP) is 1.36. The third-order valence-electron chi connectivity index (χ3n) is 3.37. The summed E-state index contributed by atoms with van der Waals surface area (Å²) < 4.78 is 26.9. The zero-order valence-corrected chi connectivity index (χ0v) is 14.2. The summed E-state index contributed by atoms with van der Waals surface area (Å²) in [4.78, 5) is 8.58. The molecular weight excluding hydrogens is 344 g/mol. The summed E-state index contributed by atoms with van der Waals surface area (Å²) in [6, 6.07) is 2.23. The van der Waals surface area contributed by atoms with Gasteiger partial charge in [0.05, 0.1) is 11.4 Å². The number of sulfonamides is 1. The summed E-state index contributed by atoms with van der Waals surface area (Å²) in [6.45, 7) is 3.31. The molecule has 0 radical (unpaired) electrons. The van der Waals surface area contributed by atoms with Crippen molar-refractivity contribution >= 4 is 37.5 Å². The van der Waals surface area contributed by atoms with E-state index >= 15 is 0 Å². The van der Waals surface area contributed by atoms with E-state index in [-0.39, 0.29) is 5.75 Å². The van der Waals surface area contributed by atoms with Crippen molar-refractivity contribution < 1.29 is 8.42 Å². The molecule has 2 heterocycles. The molecule has 0 amide bonds. The molecule has 0 aromatic carbocycles. The normalized spacial score (nSPS) is 16.4. The van der Waals surface area contributed by atoms with Gasteiger partial charge < -0.3 is 9.80 Å². The average molecular weight is 363 g/mol. The summed E-state index contributed by atoms with van der Waals surface area (Å²) >= 11 is 3.33. The number of anilines is 2. The molecule has 0 aliphatic carbocycles. The van der Waals surface area contributed by atoms with E-state index in [1.54, 1.807) is 19.2 Å². The van der Waals surface area contributed by atoms with Crippen LogP contribution in [0.5, 0.6) is 0 Å². The van der Waals surface area contributed by atoms with Crippen LogP contribution in [0.1, 0.15) is 6.92 Å². The van der Waals surface area contributed by atoms with E-state index in [1.165, 1.54) is 0 Å². The fourth-order valence-corrected chi connectivity index (χ4v) is 2.91. The Morgan fingerprint density at radius 3 is 2.70 bits per heavy atom. The Morgan fingerprint density at radius 2 is 2.15 bits per heavy atom. The number of likely N-dealkylation sites (N-methyl/N-ethyl adjacent to an activating group) is 1. The number of halogens is 1. The molecule has 0 saturated carbocycles. The minimum Gasteiger partial charge on any atom is -0.352 e. The summed E-state index contributed by atoms with van der Waals surface area (Å²) in [5.41, 5.74) is 0.526. The molecule has 0 bridgehead atoms. The maximum atomic E-state index is 11.8. The highest BCUT2D eigenvalue weighted by molar-refractivity contribution is 9.10. The van der Waals surface area contributed by atoms with Crippen LogP contribution >= 0.6 is 15.9 Å². The van der Waals surface area contributed by atoms with E-state index < -0.39 is 10.0 Å². The van der Waals surface area contributed by atoms with Gasteiger partial charge in [0, 0.05) is 29.8 Å². The maximum Gasteiger partial charge on any atom is 0.232 e. The Labute approximate surface area is 128 Å². The van der Waals surface area contributed by atoms with Crippen molar-refractivity contribution in [3.63, 3.8) is 0 Å². The first-order chi connectivity index (χ1) is 9.32. The topological polar surface area (TPSA) is 65.5 Å². The lowest BCUT2D eigenvalue weighted by atomic mass is 10.1. The third-order valence-corrected chi connectivity index (χ3v) is 5.10. The number of hydrogen-bond donors (Lipinski definition) is 1. The van der Waals surface area contributed by atoms with Gasteiger partial charge in [0.15, 0.2) is 5.82 Å². The Kier molecular flexibility index (Phi) is 4.55. The van der Waals surface area contributed by atoms with Gasteiger partial charge in [-0.2, -0.15) is 0 Å². The van der Waals surface area contributed by atoms with Crippen LogP contribution in [0.4, 0.5) is 11.5 Å². The quantitative estimate of drug-likeness (QED) is 0.856. The van der Waals surface area contributed by atoms with Gasteiger partial charge >= 0.3 is 0 Å². The first kappa shape index (κ1) is 15.5. The molecule has 1 aliphatic heterocycles. The lowest BCUT2D eigenvalue weighted by Gasteiger charge is -2.44. The van der Waals surface area contributed by atoms with Crippen molar-refractivity contribution in [2.45, 2.75) is 13.0 Å². The minimum atomic E-state index is -3.31. The highest BCUT2D eigenvalue weighted by Gasteiger charge is 2.31. The molecule has 0 spiro atoms. The van der Waals surface area contributed by atoms with E-state index in [4.69, 9.17) is 0 Å². The Morgan fingerprint density at radius 1 is 1.50 bits per heavy atom. The minimum absolute atomic E-state index is 0.0409. The molecule has 1 N–H and O–H groups in total. The van der Waals surface area contributed by atoms with Gasteiger partial charge in [-0.25, -0.2) is 13.4 Å². The highest BCUT2D eigenvalue weighted by Crippen LogP contribution is 2.31. The second kappa shape index (κ2) is 5.87. The maximum absolute atomic E-state index is 11.8. The summed E-state index contributed by atoms with van der Waals surface area (Å²) in [5.74, 6) is 0.725. The first-order valence-electron chi connectivity index (χ1n) is 6.40.